The first-order valence-electron chi connectivity index (χ1n) is 12.8. The second-order valence-corrected chi connectivity index (χ2v) is 11.3. The van der Waals surface area contributed by atoms with E-state index in [9.17, 15) is 8.42 Å². The molecule has 3 aromatic rings. The fourth-order valence-corrected chi connectivity index (χ4v) is 6.16. The summed E-state index contributed by atoms with van der Waals surface area (Å²) in [4.78, 5) is 7.09. The molecule has 1 saturated heterocycles. The van der Waals surface area contributed by atoms with Gasteiger partial charge < -0.3 is 9.47 Å². The number of hydrogen-bond acceptors (Lipinski definition) is 6. The molecule has 0 bridgehead atoms. The third-order valence-electron chi connectivity index (χ3n) is 6.71. The zero-order chi connectivity index (χ0) is 25.5. The number of rotatable bonds is 11. The quantitative estimate of drug-likeness (QED) is 0.382. The van der Waals surface area contributed by atoms with Crippen LogP contribution in [-0.2, 0) is 16.4 Å². The molecule has 1 fully saturated rings. The number of ether oxygens (including phenoxy) is 2. The number of hydrogen-bond donors (Lipinski definition) is 1. The van der Waals surface area contributed by atoms with Gasteiger partial charge in [-0.1, -0.05) is 31.5 Å². The Bertz CT molecular complexity index is 1280. The van der Waals surface area contributed by atoms with Crippen LogP contribution in [0.15, 0.2) is 48.5 Å². The maximum absolute atomic E-state index is 12.4. The average Bonchev–Trinajstić information content (AvgIpc) is 2.85. The maximum atomic E-state index is 12.4. The Hall–Kier alpha value is -2.84. The van der Waals surface area contributed by atoms with E-state index in [1.165, 1.54) is 12.8 Å². The van der Waals surface area contributed by atoms with Crippen molar-refractivity contribution in [3.05, 3.63) is 59.8 Å². The summed E-state index contributed by atoms with van der Waals surface area (Å²) >= 11 is 0. The normalized spacial score (nSPS) is 16.7. The molecule has 1 aliphatic rings. The fourth-order valence-electron chi connectivity index (χ4n) is 5.02. The number of para-hydroxylation sites is 1. The average molecular weight is 512 g/mol. The molecular weight excluding hydrogens is 474 g/mol. The summed E-state index contributed by atoms with van der Waals surface area (Å²) < 4.78 is 39.3. The molecule has 0 radical (unpaired) electrons. The molecule has 1 aliphatic heterocycles. The molecule has 8 heteroatoms. The molecule has 1 aromatic heterocycles. The van der Waals surface area contributed by atoms with Gasteiger partial charge >= 0.3 is 0 Å². The van der Waals surface area contributed by atoms with Gasteiger partial charge in [-0.2, -0.15) is 0 Å². The summed E-state index contributed by atoms with van der Waals surface area (Å²) in [5.74, 6) is 1.56. The number of aromatic nitrogens is 1. The lowest BCUT2D eigenvalue weighted by molar-refractivity contribution is 0.122. The van der Waals surface area contributed by atoms with E-state index in [1.807, 2.05) is 50.2 Å². The van der Waals surface area contributed by atoms with Crippen molar-refractivity contribution in [1.29, 1.82) is 0 Å². The molecule has 0 aliphatic carbocycles. The first kappa shape index (κ1) is 26.2. The lowest BCUT2D eigenvalue weighted by Gasteiger charge is -2.36. The molecule has 7 nitrogen and oxygen atoms in total. The number of anilines is 1. The van der Waals surface area contributed by atoms with Crippen LogP contribution in [0, 0.1) is 6.92 Å². The molecule has 0 saturated carbocycles. The minimum Gasteiger partial charge on any atom is -0.494 e. The molecule has 1 N–H and O–H groups in total. The van der Waals surface area contributed by atoms with Crippen molar-refractivity contribution >= 4 is 26.6 Å². The number of aryl methyl sites for hydroxylation is 1. The minimum atomic E-state index is -3.40. The molecule has 0 amide bonds. The Labute approximate surface area is 214 Å². The Morgan fingerprint density at radius 3 is 2.75 bits per heavy atom. The smallest absolute Gasteiger partial charge is 0.232 e. The number of nitrogens with one attached hydrogen (secondary N) is 1. The Morgan fingerprint density at radius 1 is 1.11 bits per heavy atom. The molecule has 0 spiro atoms. The number of benzene rings is 2. The van der Waals surface area contributed by atoms with Gasteiger partial charge in [0.05, 0.1) is 24.1 Å². The van der Waals surface area contributed by atoms with Crippen molar-refractivity contribution in [2.24, 2.45) is 0 Å². The van der Waals surface area contributed by atoms with Gasteiger partial charge in [0, 0.05) is 23.7 Å². The Balaban J connectivity index is 1.44. The van der Waals surface area contributed by atoms with Crippen molar-refractivity contribution < 1.29 is 17.9 Å². The predicted octanol–water partition coefficient (Wildman–Crippen LogP) is 5.18. The van der Waals surface area contributed by atoms with Crippen LogP contribution in [0.4, 0.5) is 5.69 Å². The minimum absolute atomic E-state index is 0.0865. The second-order valence-electron chi connectivity index (χ2n) is 9.43. The highest BCUT2D eigenvalue weighted by molar-refractivity contribution is 7.92. The SMILES string of the molecule is CCCS(=O)(=O)Nc1cccc(CC2CCCCN2CCOc2cccc3nc(C)ccc23)c1OC. The van der Waals surface area contributed by atoms with Crippen LogP contribution in [0.25, 0.3) is 10.9 Å². The molecule has 2 aromatic carbocycles. The van der Waals surface area contributed by atoms with Crippen LogP contribution in [0.2, 0.25) is 0 Å². The van der Waals surface area contributed by atoms with E-state index in [0.29, 0.717) is 30.5 Å². The van der Waals surface area contributed by atoms with Crippen molar-refractivity contribution in [2.75, 3.05) is 37.3 Å². The molecule has 1 unspecified atom stereocenters. The lowest BCUT2D eigenvalue weighted by atomic mass is 9.95. The van der Waals surface area contributed by atoms with Crippen molar-refractivity contribution in [3.63, 3.8) is 0 Å². The van der Waals surface area contributed by atoms with Gasteiger partial charge in [0.15, 0.2) is 0 Å². The summed E-state index contributed by atoms with van der Waals surface area (Å²) in [6.45, 7) is 6.29. The third kappa shape index (κ3) is 6.48. The summed E-state index contributed by atoms with van der Waals surface area (Å²) in [6, 6.07) is 16.1. The van der Waals surface area contributed by atoms with Gasteiger partial charge in [-0.15, -0.1) is 0 Å². The largest absolute Gasteiger partial charge is 0.494 e. The Kier molecular flexibility index (Phi) is 8.69. The second kappa shape index (κ2) is 11.9. The molecule has 2 heterocycles. The van der Waals surface area contributed by atoms with E-state index in [2.05, 4.69) is 20.7 Å². The highest BCUT2D eigenvalue weighted by Gasteiger charge is 2.25. The highest BCUT2D eigenvalue weighted by atomic mass is 32.2. The van der Waals surface area contributed by atoms with Crippen LogP contribution in [0.1, 0.15) is 43.9 Å². The van der Waals surface area contributed by atoms with E-state index < -0.39 is 10.0 Å². The van der Waals surface area contributed by atoms with Gasteiger partial charge in [-0.3, -0.25) is 14.6 Å². The van der Waals surface area contributed by atoms with Crippen LogP contribution in [-0.4, -0.2) is 56.9 Å². The number of likely N-dealkylation sites (tertiary alicyclic amines) is 1. The zero-order valence-electron chi connectivity index (χ0n) is 21.5. The van der Waals surface area contributed by atoms with Gasteiger partial charge in [0.25, 0.3) is 0 Å². The van der Waals surface area contributed by atoms with E-state index in [4.69, 9.17) is 9.47 Å². The standard InChI is InChI=1S/C28H37N3O4S/c1-4-19-36(32,33)30-26-12-7-9-22(28(26)34-3)20-23-10-5-6-16-31(23)17-18-35-27-13-8-11-25-24(27)15-14-21(2)29-25/h7-9,11-15,23,30H,4-6,10,16-20H2,1-3H3. The Morgan fingerprint density at radius 2 is 1.94 bits per heavy atom. The van der Waals surface area contributed by atoms with Gasteiger partial charge in [0.2, 0.25) is 10.0 Å². The van der Waals surface area contributed by atoms with Crippen LogP contribution in [0.3, 0.4) is 0 Å². The molecule has 36 heavy (non-hydrogen) atoms. The number of sulfonamides is 1. The van der Waals surface area contributed by atoms with E-state index in [1.54, 1.807) is 13.2 Å². The topological polar surface area (TPSA) is 80.8 Å². The van der Waals surface area contributed by atoms with Crippen molar-refractivity contribution in [2.45, 2.75) is 52.0 Å². The van der Waals surface area contributed by atoms with Crippen LogP contribution in [0.5, 0.6) is 11.5 Å². The molecule has 1 atom stereocenters. The van der Waals surface area contributed by atoms with E-state index in [0.717, 1.165) is 53.8 Å². The molecule has 4 rings (SSSR count). The first-order chi connectivity index (χ1) is 17.4. The van der Waals surface area contributed by atoms with Crippen LogP contribution >= 0.6 is 0 Å². The molecular formula is C28H37N3O4S. The van der Waals surface area contributed by atoms with Crippen molar-refractivity contribution in [3.8, 4) is 11.5 Å². The number of methoxy groups -OCH3 is 1. The number of piperidine rings is 1. The number of fused-ring (bicyclic) bond motifs is 1. The summed E-state index contributed by atoms with van der Waals surface area (Å²) in [5, 5.41) is 1.03. The monoisotopic (exact) mass is 511 g/mol. The first-order valence-corrected chi connectivity index (χ1v) is 14.4. The van der Waals surface area contributed by atoms with Gasteiger partial charge in [-0.05, 0) is 75.0 Å². The summed E-state index contributed by atoms with van der Waals surface area (Å²) in [6.07, 6.45) is 4.80. The third-order valence-corrected chi connectivity index (χ3v) is 8.19. The van der Waals surface area contributed by atoms with Gasteiger partial charge in [0.1, 0.15) is 18.1 Å². The van der Waals surface area contributed by atoms with E-state index in [-0.39, 0.29) is 5.75 Å². The zero-order valence-corrected chi connectivity index (χ0v) is 22.3. The lowest BCUT2D eigenvalue weighted by Crippen LogP contribution is -2.43. The summed E-state index contributed by atoms with van der Waals surface area (Å²) in [7, 11) is -1.80. The fraction of sp³-hybridized carbons (Fsp3) is 0.464. The number of nitrogens with zero attached hydrogens (tertiary/aromatic N) is 2. The van der Waals surface area contributed by atoms with Crippen LogP contribution < -0.4 is 14.2 Å². The molecule has 194 valence electrons. The van der Waals surface area contributed by atoms with Crippen molar-refractivity contribution in [1.82, 2.24) is 9.88 Å². The summed E-state index contributed by atoms with van der Waals surface area (Å²) in [5.41, 5.74) is 3.47. The van der Waals surface area contributed by atoms with Gasteiger partial charge in [-0.25, -0.2) is 8.42 Å². The highest BCUT2D eigenvalue weighted by Crippen LogP contribution is 2.33. The van der Waals surface area contributed by atoms with E-state index >= 15 is 0 Å². The predicted molar refractivity (Wildman–Crippen MR) is 146 cm³/mol. The number of pyridine rings is 1. The maximum Gasteiger partial charge on any atom is 0.232 e.